The van der Waals surface area contributed by atoms with Gasteiger partial charge in [0.25, 0.3) is 0 Å². The van der Waals surface area contributed by atoms with E-state index in [1.54, 1.807) is 0 Å². The van der Waals surface area contributed by atoms with Crippen molar-refractivity contribution in [1.29, 1.82) is 0 Å². The highest BCUT2D eigenvalue weighted by Crippen LogP contribution is 2.05. The highest BCUT2D eigenvalue weighted by molar-refractivity contribution is 5.96. The lowest BCUT2D eigenvalue weighted by Gasteiger charge is -1.97. The number of rotatable bonds is 2. The second-order valence-corrected chi connectivity index (χ2v) is 2.55. The zero-order chi connectivity index (χ0) is 7.40. The van der Waals surface area contributed by atoms with E-state index >= 15 is 0 Å². The molecule has 0 unspecified atom stereocenters. The minimum atomic E-state index is 1.02. The summed E-state index contributed by atoms with van der Waals surface area (Å²) in [5.74, 6) is 0. The second kappa shape index (κ2) is 3.40. The van der Waals surface area contributed by atoms with Crippen LogP contribution in [0.4, 0.5) is 0 Å². The molecular weight excluding hydrogens is 124 g/mol. The summed E-state index contributed by atoms with van der Waals surface area (Å²) < 4.78 is 0. The molecular formula is C8H14N2. The summed E-state index contributed by atoms with van der Waals surface area (Å²) in [4.78, 5) is 4.32. The molecule has 0 bridgehead atoms. The first-order chi connectivity index (χ1) is 4.83. The molecule has 0 radical (unpaired) electrons. The standard InChI is InChI=1S/C8H14N2/c1-7(9-2)6-8-4-3-5-10-8/h6,9H,3-5H2,1-2H3/b7-6+. The highest BCUT2D eigenvalue weighted by Gasteiger charge is 2.01. The van der Waals surface area contributed by atoms with E-state index in [1.165, 1.54) is 17.8 Å². The Hall–Kier alpha value is -0.790. The van der Waals surface area contributed by atoms with Crippen LogP contribution in [0.25, 0.3) is 0 Å². The summed E-state index contributed by atoms with van der Waals surface area (Å²) in [6, 6.07) is 0. The van der Waals surface area contributed by atoms with Crippen molar-refractivity contribution in [2.24, 2.45) is 4.99 Å². The molecule has 0 aromatic rings. The van der Waals surface area contributed by atoms with Gasteiger partial charge in [0.05, 0.1) is 0 Å². The average molecular weight is 138 g/mol. The molecule has 0 aliphatic carbocycles. The molecule has 0 saturated heterocycles. The van der Waals surface area contributed by atoms with E-state index in [4.69, 9.17) is 0 Å². The van der Waals surface area contributed by atoms with Gasteiger partial charge in [-0.05, 0) is 25.8 Å². The number of hydrogen-bond acceptors (Lipinski definition) is 2. The molecule has 0 saturated carbocycles. The van der Waals surface area contributed by atoms with Crippen LogP contribution in [0.15, 0.2) is 16.8 Å². The minimum absolute atomic E-state index is 1.02. The van der Waals surface area contributed by atoms with Crippen molar-refractivity contribution in [3.05, 3.63) is 11.8 Å². The molecule has 0 spiro atoms. The smallest absolute Gasteiger partial charge is 0.0396 e. The van der Waals surface area contributed by atoms with Gasteiger partial charge in [-0.3, -0.25) is 4.99 Å². The van der Waals surface area contributed by atoms with Crippen molar-refractivity contribution in [1.82, 2.24) is 5.32 Å². The van der Waals surface area contributed by atoms with E-state index in [9.17, 15) is 0 Å². The Labute approximate surface area is 62.0 Å². The molecule has 1 N–H and O–H groups in total. The fourth-order valence-electron chi connectivity index (χ4n) is 1.00. The SMILES string of the molecule is CN/C(C)=C/C1=NCCC1. The average Bonchev–Trinajstić information content (AvgIpc) is 2.40. The van der Waals surface area contributed by atoms with Crippen molar-refractivity contribution in [3.63, 3.8) is 0 Å². The van der Waals surface area contributed by atoms with Crippen LogP contribution in [0, 0.1) is 0 Å². The third-order valence-electron chi connectivity index (χ3n) is 1.68. The zero-order valence-corrected chi connectivity index (χ0v) is 6.65. The Bertz CT molecular complexity index is 168. The van der Waals surface area contributed by atoms with E-state index < -0.39 is 0 Å². The van der Waals surface area contributed by atoms with Gasteiger partial charge in [-0.25, -0.2) is 0 Å². The lowest BCUT2D eigenvalue weighted by Crippen LogP contribution is -2.03. The topological polar surface area (TPSA) is 24.4 Å². The Morgan fingerprint density at radius 3 is 3.00 bits per heavy atom. The Kier molecular flexibility index (Phi) is 2.49. The van der Waals surface area contributed by atoms with Crippen molar-refractivity contribution >= 4 is 5.71 Å². The van der Waals surface area contributed by atoms with Crippen LogP contribution in [-0.2, 0) is 0 Å². The molecule has 1 aliphatic rings. The van der Waals surface area contributed by atoms with Crippen LogP contribution in [0.1, 0.15) is 19.8 Å². The molecule has 0 aromatic heterocycles. The van der Waals surface area contributed by atoms with Gasteiger partial charge in [0.15, 0.2) is 0 Å². The molecule has 2 heteroatoms. The second-order valence-electron chi connectivity index (χ2n) is 2.55. The minimum Gasteiger partial charge on any atom is -0.392 e. The van der Waals surface area contributed by atoms with Crippen molar-refractivity contribution in [3.8, 4) is 0 Å². The lowest BCUT2D eigenvalue weighted by atomic mass is 10.2. The maximum absolute atomic E-state index is 4.32. The number of allylic oxidation sites excluding steroid dienone is 2. The van der Waals surface area contributed by atoms with Gasteiger partial charge in [-0.15, -0.1) is 0 Å². The van der Waals surface area contributed by atoms with Crippen LogP contribution >= 0.6 is 0 Å². The molecule has 10 heavy (non-hydrogen) atoms. The molecule has 1 heterocycles. The molecule has 2 nitrogen and oxygen atoms in total. The molecule has 0 aromatic carbocycles. The van der Waals surface area contributed by atoms with E-state index in [2.05, 4.69) is 23.3 Å². The van der Waals surface area contributed by atoms with Crippen LogP contribution in [-0.4, -0.2) is 19.3 Å². The Morgan fingerprint density at radius 1 is 1.70 bits per heavy atom. The quantitative estimate of drug-likeness (QED) is 0.612. The van der Waals surface area contributed by atoms with Crippen molar-refractivity contribution < 1.29 is 0 Å². The largest absolute Gasteiger partial charge is 0.392 e. The number of nitrogens with zero attached hydrogens (tertiary/aromatic N) is 1. The van der Waals surface area contributed by atoms with Crippen LogP contribution in [0.2, 0.25) is 0 Å². The van der Waals surface area contributed by atoms with Gasteiger partial charge >= 0.3 is 0 Å². The maximum atomic E-state index is 4.32. The van der Waals surface area contributed by atoms with E-state index in [1.807, 2.05) is 7.05 Å². The summed E-state index contributed by atoms with van der Waals surface area (Å²) in [6.07, 6.45) is 4.49. The van der Waals surface area contributed by atoms with Crippen molar-refractivity contribution in [2.45, 2.75) is 19.8 Å². The van der Waals surface area contributed by atoms with Gasteiger partial charge < -0.3 is 5.32 Å². The number of aliphatic imine (C=N–C) groups is 1. The summed E-state index contributed by atoms with van der Waals surface area (Å²) in [6.45, 7) is 3.07. The summed E-state index contributed by atoms with van der Waals surface area (Å²) in [7, 11) is 1.93. The van der Waals surface area contributed by atoms with E-state index in [0.717, 1.165) is 13.0 Å². The lowest BCUT2D eigenvalue weighted by molar-refractivity contribution is 0.950. The van der Waals surface area contributed by atoms with Gasteiger partial charge in [0, 0.05) is 25.0 Å². The van der Waals surface area contributed by atoms with Gasteiger partial charge in [-0.2, -0.15) is 0 Å². The third-order valence-corrected chi connectivity index (χ3v) is 1.68. The first-order valence-electron chi connectivity index (χ1n) is 3.72. The molecule has 0 atom stereocenters. The van der Waals surface area contributed by atoms with Gasteiger partial charge in [0.2, 0.25) is 0 Å². The van der Waals surface area contributed by atoms with E-state index in [0.29, 0.717) is 0 Å². The monoisotopic (exact) mass is 138 g/mol. The van der Waals surface area contributed by atoms with Crippen LogP contribution < -0.4 is 5.32 Å². The zero-order valence-electron chi connectivity index (χ0n) is 6.65. The first-order valence-corrected chi connectivity index (χ1v) is 3.72. The molecule has 1 aliphatic heterocycles. The van der Waals surface area contributed by atoms with Crippen LogP contribution in [0.5, 0.6) is 0 Å². The van der Waals surface area contributed by atoms with Crippen molar-refractivity contribution in [2.75, 3.05) is 13.6 Å². The molecule has 0 amide bonds. The number of nitrogens with one attached hydrogen (secondary N) is 1. The fraction of sp³-hybridized carbons (Fsp3) is 0.625. The predicted octanol–water partition coefficient (Wildman–Crippen LogP) is 1.34. The fourth-order valence-corrected chi connectivity index (χ4v) is 1.00. The Morgan fingerprint density at radius 2 is 2.50 bits per heavy atom. The summed E-state index contributed by atoms with van der Waals surface area (Å²) >= 11 is 0. The first kappa shape index (κ1) is 7.32. The molecule has 56 valence electrons. The summed E-state index contributed by atoms with van der Waals surface area (Å²) in [5.41, 5.74) is 2.44. The van der Waals surface area contributed by atoms with Crippen LogP contribution in [0.3, 0.4) is 0 Å². The highest BCUT2D eigenvalue weighted by atomic mass is 14.8. The van der Waals surface area contributed by atoms with E-state index in [-0.39, 0.29) is 0 Å². The predicted molar refractivity (Wildman–Crippen MR) is 44.4 cm³/mol. The molecule has 1 rings (SSSR count). The third kappa shape index (κ3) is 1.87. The Balaban J connectivity index is 2.50. The normalized spacial score (nSPS) is 19.0. The number of hydrogen-bond donors (Lipinski definition) is 1. The summed E-state index contributed by atoms with van der Waals surface area (Å²) in [5, 5.41) is 3.07. The maximum Gasteiger partial charge on any atom is 0.0396 e. The molecule has 0 fully saturated rings. The van der Waals surface area contributed by atoms with Gasteiger partial charge in [0.1, 0.15) is 0 Å². The van der Waals surface area contributed by atoms with Gasteiger partial charge in [-0.1, -0.05) is 0 Å².